The van der Waals surface area contributed by atoms with E-state index in [-0.39, 0.29) is 12.5 Å². The minimum atomic E-state index is 0. The smallest absolute Gasteiger partial charge is 0.269 e. The van der Waals surface area contributed by atoms with Gasteiger partial charge in [0, 0.05) is 0 Å². The van der Waals surface area contributed by atoms with Crippen molar-refractivity contribution in [2.75, 3.05) is 0 Å². The van der Waals surface area contributed by atoms with E-state index >= 15 is 0 Å². The third kappa shape index (κ3) is 2.13. The molecule has 1 aromatic carbocycles. The van der Waals surface area contributed by atoms with E-state index in [1.165, 1.54) is 22.3 Å². The predicted octanol–water partition coefficient (Wildman–Crippen LogP) is 4.07. The van der Waals surface area contributed by atoms with Crippen molar-refractivity contribution in [3.8, 4) is 0 Å². The van der Waals surface area contributed by atoms with Crippen molar-refractivity contribution in [2.24, 2.45) is 0 Å². The summed E-state index contributed by atoms with van der Waals surface area (Å²) in [5, 5.41) is 0. The molecule has 0 bridgehead atoms. The maximum absolute atomic E-state index is 2.35. The molecule has 0 amide bonds. The van der Waals surface area contributed by atoms with Crippen molar-refractivity contribution in [3.05, 3.63) is 59.2 Å². The molecule has 0 nitrogen and oxygen atoms in total. The van der Waals surface area contributed by atoms with Gasteiger partial charge in [-0.15, -0.1) is 0 Å². The zero-order valence-corrected chi connectivity index (χ0v) is 11.9. The van der Waals surface area contributed by atoms with Crippen molar-refractivity contribution < 1.29 is 34.1 Å². The number of allylic oxidation sites excluding steroid dienone is 5. The Morgan fingerprint density at radius 2 is 1.82 bits per heavy atom. The number of rotatable bonds is 0. The summed E-state index contributed by atoms with van der Waals surface area (Å²) in [5.74, 6) is 0. The zero-order valence-electron chi connectivity index (χ0n) is 9.44. The molecule has 0 aromatic heterocycles. The van der Waals surface area contributed by atoms with Gasteiger partial charge < -0.3 is 0 Å². The molecule has 2 aliphatic rings. The number of benzene rings is 1. The van der Waals surface area contributed by atoms with E-state index in [2.05, 4.69) is 55.5 Å². The average Bonchev–Trinajstić information content (AvgIpc) is 2.58. The van der Waals surface area contributed by atoms with Crippen molar-refractivity contribution in [1.29, 1.82) is 0 Å². The Labute approximate surface area is 115 Å². The Morgan fingerprint density at radius 1 is 1.12 bits per heavy atom. The van der Waals surface area contributed by atoms with Crippen molar-refractivity contribution >= 4 is 11.6 Å². The van der Waals surface area contributed by atoms with Gasteiger partial charge in [-0.2, -0.15) is 0 Å². The van der Waals surface area contributed by atoms with Crippen LogP contribution in [0.5, 0.6) is 0 Å². The van der Waals surface area contributed by atoms with Crippen LogP contribution in [0.2, 0.25) is 3.12 Å². The second-order valence-corrected chi connectivity index (χ2v) is 6.84. The van der Waals surface area contributed by atoms with Gasteiger partial charge in [-0.05, 0) is 0 Å². The van der Waals surface area contributed by atoms with Gasteiger partial charge in [0.25, 0.3) is 0 Å². The molecule has 1 unspecified atom stereocenters. The average molecular weight is 310 g/mol. The van der Waals surface area contributed by atoms with Crippen LogP contribution in [0.1, 0.15) is 18.1 Å². The van der Waals surface area contributed by atoms with Crippen LogP contribution >= 0.6 is 0 Å². The van der Waals surface area contributed by atoms with Gasteiger partial charge in [0.05, 0.1) is 0 Å². The third-order valence-electron chi connectivity index (χ3n) is 3.09. The van der Waals surface area contributed by atoms with Gasteiger partial charge in [0.2, 0.25) is 0 Å². The van der Waals surface area contributed by atoms with Gasteiger partial charge in [-0.3, -0.25) is 9.41 Å². The summed E-state index contributed by atoms with van der Waals surface area (Å²) in [6.07, 6.45) is 9.10. The van der Waals surface area contributed by atoms with E-state index in [0.717, 1.165) is 0 Å². The van der Waals surface area contributed by atoms with Crippen LogP contribution in [0.25, 0.3) is 11.6 Å². The van der Waals surface area contributed by atoms with Gasteiger partial charge >= 0.3 is 106 Å². The first kappa shape index (κ1) is 14.2. The van der Waals surface area contributed by atoms with Crippen molar-refractivity contribution in [2.45, 2.75) is 10.0 Å². The fraction of sp³-hybridized carbons (Fsp3) is 0.143. The van der Waals surface area contributed by atoms with Crippen LogP contribution in [-0.4, -0.2) is 0 Å². The first-order valence-corrected chi connectivity index (χ1v) is 6.38. The molecular weight excluding hydrogens is 297 g/mol. The molecule has 0 radical (unpaired) electrons. The molecule has 0 heterocycles. The van der Waals surface area contributed by atoms with Crippen molar-refractivity contribution in [3.63, 3.8) is 0 Å². The third-order valence-corrected chi connectivity index (χ3v) is 4.16. The van der Waals surface area contributed by atoms with E-state index in [1.54, 1.807) is 24.7 Å². The normalized spacial score (nSPS) is 23.5. The monoisotopic (exact) mass is 309 g/mol. The molecule has 87 valence electrons. The summed E-state index contributed by atoms with van der Waals surface area (Å²) in [5.41, 5.74) is 5.68. The summed E-state index contributed by atoms with van der Waals surface area (Å²) >= 11 is 1.56. The van der Waals surface area contributed by atoms with Gasteiger partial charge in [0.1, 0.15) is 0 Å². The molecule has 3 heteroatoms. The zero-order chi connectivity index (χ0) is 10.5. The Kier molecular flexibility index (Phi) is 4.04. The van der Waals surface area contributed by atoms with Crippen LogP contribution in [0.15, 0.2) is 48.1 Å². The second kappa shape index (κ2) is 4.82. The Hall–Kier alpha value is -0.817. The Morgan fingerprint density at radius 3 is 2.59 bits per heavy atom. The molecule has 0 aliphatic heterocycles. The molecular formula is C14H13F2Zr. The largest absolute Gasteiger partial charge is 0.269 e. The van der Waals surface area contributed by atoms with E-state index in [0.29, 0.717) is 0 Å². The van der Waals surface area contributed by atoms with Crippen molar-refractivity contribution in [1.82, 2.24) is 0 Å². The van der Waals surface area contributed by atoms with Crippen LogP contribution in [-0.2, 0) is 24.7 Å². The Bertz CT molecular complexity index is 525. The molecule has 17 heavy (non-hydrogen) atoms. The minimum Gasteiger partial charge on any atom is -0.269 e. The van der Waals surface area contributed by atoms with E-state index in [4.69, 9.17) is 0 Å². The van der Waals surface area contributed by atoms with E-state index in [9.17, 15) is 0 Å². The van der Waals surface area contributed by atoms with E-state index < -0.39 is 0 Å². The molecule has 0 spiro atoms. The maximum Gasteiger partial charge on any atom is -0.269 e. The number of halogens is 2. The predicted molar refractivity (Wildman–Crippen MR) is 64.9 cm³/mol. The van der Waals surface area contributed by atoms with Crippen LogP contribution in [0.4, 0.5) is 9.41 Å². The molecule has 1 aromatic rings. The topological polar surface area (TPSA) is 0 Å². The van der Waals surface area contributed by atoms with Crippen LogP contribution in [0.3, 0.4) is 0 Å². The first-order valence-electron chi connectivity index (χ1n) is 5.15. The fourth-order valence-electron chi connectivity index (χ4n) is 2.28. The second-order valence-electron chi connectivity index (χ2n) is 4.29. The van der Waals surface area contributed by atoms with Gasteiger partial charge in [-0.1, -0.05) is 0 Å². The van der Waals surface area contributed by atoms with Gasteiger partial charge in [0.15, 0.2) is 0 Å². The standard InChI is InChI=1S/C14H11.2FH.Zr/c1-10-5-4-8-13-12-7-3-2-6-11(12)9-14(10)13;;;/h2-9H,1H3;2*1H;. The SMILES string of the molecule is C[C]1([Zr])C=CC=C2C1=Cc1ccccc12.F.F. The quantitative estimate of drug-likeness (QED) is 0.678. The fourth-order valence-corrected chi connectivity index (χ4v) is 3.03. The summed E-state index contributed by atoms with van der Waals surface area (Å²) in [6, 6.07) is 8.65. The number of fused-ring (bicyclic) bond motifs is 3. The maximum atomic E-state index is 2.35. The molecule has 1 atom stereocenters. The molecule has 0 saturated carbocycles. The minimum absolute atomic E-state index is 0. The number of hydrogen-bond donors (Lipinski definition) is 0. The number of hydrogen-bond acceptors (Lipinski definition) is 0. The molecule has 2 aliphatic carbocycles. The summed E-state index contributed by atoms with van der Waals surface area (Å²) in [6.45, 7) is 2.31. The summed E-state index contributed by atoms with van der Waals surface area (Å²) < 4.78 is 0.260. The molecule has 3 rings (SSSR count). The van der Waals surface area contributed by atoms with Crippen LogP contribution in [0, 0.1) is 0 Å². The van der Waals surface area contributed by atoms with Gasteiger partial charge in [-0.25, -0.2) is 0 Å². The summed E-state index contributed by atoms with van der Waals surface area (Å²) in [4.78, 5) is 0. The Balaban J connectivity index is 0.000000722. The molecule has 0 saturated heterocycles. The van der Waals surface area contributed by atoms with Crippen LogP contribution < -0.4 is 0 Å². The van der Waals surface area contributed by atoms with E-state index in [1.807, 2.05) is 0 Å². The molecule has 0 fully saturated rings. The first-order chi connectivity index (χ1) is 7.18. The summed E-state index contributed by atoms with van der Waals surface area (Å²) in [7, 11) is 0. The molecule has 0 N–H and O–H groups in total.